The van der Waals surface area contributed by atoms with Crippen LogP contribution in [0.5, 0.6) is 0 Å². The van der Waals surface area contributed by atoms with E-state index in [0.29, 0.717) is 56.7 Å². The lowest BCUT2D eigenvalue weighted by atomic mass is 9.76. The van der Waals surface area contributed by atoms with Crippen molar-refractivity contribution in [2.24, 2.45) is 59.5 Å². The molecule has 0 spiro atoms. The Hall–Kier alpha value is -13.7. The number of piperidine rings is 1. The number of aliphatic imine (C=N–C) groups is 5. The van der Waals surface area contributed by atoms with Crippen molar-refractivity contribution in [1.82, 2.24) is 44.6 Å². The number of pyridine rings is 1. The van der Waals surface area contributed by atoms with Gasteiger partial charge in [-0.3, -0.25) is 63.3 Å². The summed E-state index contributed by atoms with van der Waals surface area (Å²) in [5, 5.41) is 36.8. The van der Waals surface area contributed by atoms with Gasteiger partial charge in [0.15, 0.2) is 29.8 Å². The molecule has 6 aromatic heterocycles. The van der Waals surface area contributed by atoms with Crippen molar-refractivity contribution in [2.75, 3.05) is 48.3 Å². The van der Waals surface area contributed by atoms with Gasteiger partial charge in [0.25, 0.3) is 5.91 Å². The standard InChI is InChI=1S/C26H24N6OS.C19H23F3N4O2.C19H27N5O.C18H17N3O2S.C17H19N3OS/c1-25(2,15-28)20-7-5-17(6-8-20)22-23(33)32(4)24(29)31-26(22,3)21-10-19(14-34-21)18-9-16(11-27)12-30-13-18;1-18(10-15(27)25(2)17(23)24-18)14-7-4-8-26(11-14)16(28)12-5-3-6-13(9-12)19(20,21)22;1-4-5-6-7-8-15-14-11-13(9-10-16(14)23-22-15)19(2)12-17(25)24(3)18(20)21-19;1-18(9-15(22)21(2)17(19)20-18)13-7-11-4-6-24-16(11)14(8-13)12-3-5-23-10-12;1-17(10-15(21)20(2)16(18)19-17)9-12-4-3-5-13(8-12)14-6-7-22-11-14/h5-10,12-14,22H,1-4H3,(H2,29,31);3,5-6,9,14H,4,7-8,10-11H2,1-2H3,(H2,23,24);9-11H,4-8,12H2,1-3H3,(H2,20,21)(H,22,23);3-8,10H,9H2,1-2H3,(H2,19,20);3-8,11H,9-10H2,1-2H3,(H2,18,19)/t22?,26-;14?,18-;19-;18-;17-/m10001/s1. The summed E-state index contributed by atoms with van der Waals surface area (Å²) in [5.74, 6) is -0.341. The smallest absolute Gasteiger partial charge is 0.416 e. The van der Waals surface area contributed by atoms with Crippen molar-refractivity contribution in [3.05, 3.63) is 235 Å². The van der Waals surface area contributed by atoms with Gasteiger partial charge in [-0.2, -0.15) is 40.1 Å². The number of alkyl halides is 3. The molecule has 0 aliphatic carbocycles. The quantitative estimate of drug-likeness (QED) is 0.0461. The Morgan fingerprint density at radius 3 is 1.91 bits per heavy atom. The van der Waals surface area contributed by atoms with Crippen LogP contribution in [0.15, 0.2) is 209 Å². The molecule has 17 rings (SSSR count). The van der Waals surface area contributed by atoms with Crippen LogP contribution in [0.25, 0.3) is 54.4 Å². The average molecular weight is 1860 g/mol. The molecule has 5 aromatic carbocycles. The molecule has 0 radical (unpaired) electrons. The molecule has 6 aliphatic rings. The van der Waals surface area contributed by atoms with Gasteiger partial charge in [0.1, 0.15) is 11.6 Å². The van der Waals surface area contributed by atoms with E-state index in [4.69, 9.17) is 38.1 Å². The number of likely N-dealkylation sites (N-methyl/N-ethyl adjacent to an activating group) is 1. The number of aromatic nitrogens is 3. The number of aromatic amines is 1. The molecule has 133 heavy (non-hydrogen) atoms. The number of nitrogens with one attached hydrogen (secondary N) is 1. The fraction of sp³-hybridized carbons (Fsp3) is 0.364. The molecule has 11 aromatic rings. The van der Waals surface area contributed by atoms with E-state index in [1.54, 1.807) is 87.6 Å². The van der Waals surface area contributed by atoms with Gasteiger partial charge in [-0.1, -0.05) is 86.8 Å². The molecule has 12 heterocycles. The number of nitriles is 2. The summed E-state index contributed by atoms with van der Waals surface area (Å²) in [4.78, 5) is 112. The largest absolute Gasteiger partial charge is 0.472 e. The SMILES string of the molecule is CCCCCCc1[nH]nc2ccc([C@]3(C)CC(=O)N(C)C(N)=N3)cc12.CN1C(=O)C(c2ccc(C(C)(C)C#N)cc2)[C@@](C)(c2cc(-c3cncc(C#N)c3)cs2)N=C1N.CN1C(=O)C[C@@](C)(C2CCCN(C(=O)c3cccc(C(F)(F)F)c3)C2)N=C1N.CN1C(=O)C[C@@](C)(Cc2cccc(-c3ccsc3)c2)N=C1N.CN1C(=O)C[C@@](C)(c2cc(-c3ccoc3)c3sccc3c2)N=C1N. The first-order valence-corrected chi connectivity index (χ1v) is 46.4. The van der Waals surface area contributed by atoms with Crippen LogP contribution < -0.4 is 28.7 Å². The van der Waals surface area contributed by atoms with Gasteiger partial charge >= 0.3 is 6.18 Å². The molecule has 28 nitrogen and oxygen atoms in total. The third-order valence-electron chi connectivity index (χ3n) is 25.7. The molecule has 11 N–H and O–H groups in total. The van der Waals surface area contributed by atoms with Gasteiger partial charge in [0, 0.05) is 110 Å². The molecule has 6 amide bonds. The minimum absolute atomic E-state index is 0.00287. The van der Waals surface area contributed by atoms with Crippen LogP contribution in [-0.4, -0.2) is 169 Å². The summed E-state index contributed by atoms with van der Waals surface area (Å²) in [6.45, 7) is 16.4. The second-order valence-electron chi connectivity index (χ2n) is 36.1. The first-order chi connectivity index (χ1) is 63.0. The van der Waals surface area contributed by atoms with E-state index < -0.39 is 56.7 Å². The number of carbonyl (C=O) groups excluding carboxylic acids is 6. The number of aryl methyl sites for hydroxylation is 1. The number of fused-ring (bicyclic) bond motifs is 2. The lowest BCUT2D eigenvalue weighted by Gasteiger charge is -2.43. The minimum atomic E-state index is -4.51. The topological polar surface area (TPSA) is 416 Å². The molecule has 1 saturated heterocycles. The highest BCUT2D eigenvalue weighted by Crippen LogP contribution is 2.49. The summed E-state index contributed by atoms with van der Waals surface area (Å²) in [5.41, 5.74) is 38.5. The number of guanidine groups is 5. The highest BCUT2D eigenvalue weighted by atomic mass is 32.1. The molecule has 34 heteroatoms. The Morgan fingerprint density at radius 1 is 0.617 bits per heavy atom. The van der Waals surface area contributed by atoms with Crippen LogP contribution in [0.3, 0.4) is 0 Å². The summed E-state index contributed by atoms with van der Waals surface area (Å²) in [6, 6.07) is 45.1. The maximum Gasteiger partial charge on any atom is 0.416 e. The van der Waals surface area contributed by atoms with Gasteiger partial charge in [-0.25, -0.2) is 25.0 Å². The van der Waals surface area contributed by atoms with Crippen LogP contribution in [0.1, 0.15) is 185 Å². The molecule has 0 bridgehead atoms. The molecule has 7 atom stereocenters. The van der Waals surface area contributed by atoms with Crippen LogP contribution in [0.2, 0.25) is 0 Å². The highest BCUT2D eigenvalue weighted by molar-refractivity contribution is 7.17. The zero-order chi connectivity index (χ0) is 96.0. The van der Waals surface area contributed by atoms with E-state index in [1.807, 2.05) is 102 Å². The number of benzene rings is 5. The first kappa shape index (κ1) is 96.8. The number of unbranched alkanes of at least 4 members (excludes halogenated alkanes) is 3. The zero-order valence-corrected chi connectivity index (χ0v) is 79.1. The second kappa shape index (κ2) is 39.4. The number of amides is 6. The van der Waals surface area contributed by atoms with Gasteiger partial charge in [0.05, 0.1) is 94.4 Å². The number of hydrogen-bond donors (Lipinski definition) is 6. The number of furan rings is 1. The summed E-state index contributed by atoms with van der Waals surface area (Å²) < 4.78 is 45.3. The van der Waals surface area contributed by atoms with Crippen molar-refractivity contribution >= 4 is 120 Å². The number of nitrogens with zero attached hydrogens (tertiary/aromatic N) is 15. The van der Waals surface area contributed by atoms with Crippen LogP contribution in [0.4, 0.5) is 13.2 Å². The molecular formula is C99H110F3N21O7S3. The first-order valence-electron chi connectivity index (χ1n) is 43.7. The fourth-order valence-electron chi connectivity index (χ4n) is 17.3. The van der Waals surface area contributed by atoms with Crippen molar-refractivity contribution < 1.29 is 46.4 Å². The molecule has 692 valence electrons. The van der Waals surface area contributed by atoms with Gasteiger partial charge in [-0.05, 0) is 225 Å². The van der Waals surface area contributed by atoms with Gasteiger partial charge in [-0.15, -0.1) is 22.7 Å². The van der Waals surface area contributed by atoms with E-state index >= 15 is 0 Å². The number of carbonyl (C=O) groups is 6. The van der Waals surface area contributed by atoms with Crippen LogP contribution in [-0.2, 0) is 65.0 Å². The number of halogens is 3. The van der Waals surface area contributed by atoms with Crippen molar-refractivity contribution in [3.63, 3.8) is 0 Å². The summed E-state index contributed by atoms with van der Waals surface area (Å²) in [7, 11) is 8.16. The van der Waals surface area contributed by atoms with E-state index in [0.717, 1.165) is 103 Å². The maximum absolute atomic E-state index is 13.5. The van der Waals surface area contributed by atoms with Crippen molar-refractivity contribution in [1.29, 1.82) is 10.5 Å². The zero-order valence-electron chi connectivity index (χ0n) is 76.7. The Morgan fingerprint density at radius 2 is 1.28 bits per heavy atom. The maximum atomic E-state index is 13.5. The number of rotatable bonds is 17. The summed E-state index contributed by atoms with van der Waals surface area (Å²) in [6.07, 6.45) is 11.3. The molecule has 2 unspecified atom stereocenters. The van der Waals surface area contributed by atoms with Crippen molar-refractivity contribution in [2.45, 2.75) is 178 Å². The number of likely N-dealkylation sites (tertiary alicyclic amines) is 1. The Kier molecular flexibility index (Phi) is 28.7. The summed E-state index contributed by atoms with van der Waals surface area (Å²) >= 11 is 4.87. The lowest BCUT2D eigenvalue weighted by molar-refractivity contribution is -0.137. The molecule has 6 aliphatic heterocycles. The number of hydrogen-bond acceptors (Lipinski definition) is 24. The Bertz CT molecular complexity index is 6460. The molecular weight excluding hydrogens is 1750 g/mol. The molecule has 0 saturated carbocycles. The third kappa shape index (κ3) is 21.3. The minimum Gasteiger partial charge on any atom is -0.472 e. The number of thiophene rings is 3. The predicted octanol–water partition coefficient (Wildman–Crippen LogP) is 16.3. The highest BCUT2D eigenvalue weighted by Gasteiger charge is 2.50. The lowest BCUT2D eigenvalue weighted by Crippen LogP contribution is -2.54. The van der Waals surface area contributed by atoms with Gasteiger partial charge in [0.2, 0.25) is 29.5 Å². The van der Waals surface area contributed by atoms with Crippen LogP contribution >= 0.6 is 34.0 Å². The van der Waals surface area contributed by atoms with E-state index in [-0.39, 0.29) is 71.3 Å². The fourth-order valence-corrected chi connectivity index (χ4v) is 19.9. The second-order valence-corrected chi connectivity index (χ2v) is 38.7. The number of H-pyrrole nitrogens is 1. The van der Waals surface area contributed by atoms with E-state index in [1.165, 1.54) is 94.8 Å². The average Bonchev–Trinajstić information content (AvgIpc) is 1.74. The Balaban J connectivity index is 0.000000142. The van der Waals surface area contributed by atoms with Crippen LogP contribution in [0, 0.1) is 28.6 Å². The Labute approximate surface area is 782 Å². The van der Waals surface area contributed by atoms with E-state index in [2.05, 4.69) is 125 Å². The third-order valence-corrected chi connectivity index (χ3v) is 28.5. The predicted molar refractivity (Wildman–Crippen MR) is 516 cm³/mol. The van der Waals surface area contributed by atoms with E-state index in [9.17, 15) is 52.5 Å². The van der Waals surface area contributed by atoms with Gasteiger partial charge < -0.3 is 38.0 Å². The molecule has 1 fully saturated rings. The van der Waals surface area contributed by atoms with Crippen molar-refractivity contribution in [3.8, 4) is 45.5 Å². The number of nitrogens with two attached hydrogens (primary N) is 5. The normalized spacial score (nSPS) is 22.2. The monoisotopic (exact) mass is 1860 g/mol.